The monoisotopic (exact) mass is 303 g/mol. The molecule has 8 heteroatoms. The van der Waals surface area contributed by atoms with Crippen molar-refractivity contribution in [1.29, 1.82) is 0 Å². The fraction of sp³-hybridized carbons (Fsp3) is 0.583. The van der Waals surface area contributed by atoms with Crippen LogP contribution in [0.4, 0.5) is 11.4 Å². The van der Waals surface area contributed by atoms with Crippen molar-refractivity contribution < 1.29 is 14.4 Å². The summed E-state index contributed by atoms with van der Waals surface area (Å²) < 4.78 is 10.5. The number of aromatic nitrogens is 1. The molecule has 0 saturated carbocycles. The highest BCUT2D eigenvalue weighted by Crippen LogP contribution is 2.36. The molecule has 2 unspecified atom stereocenters. The van der Waals surface area contributed by atoms with Gasteiger partial charge in [-0.05, 0) is 26.8 Å². The number of methoxy groups -OCH3 is 2. The Hall–Kier alpha value is -1.44. The molecule has 20 heavy (non-hydrogen) atoms. The lowest BCUT2D eigenvalue weighted by molar-refractivity contribution is -0.384. The van der Waals surface area contributed by atoms with Gasteiger partial charge in [0.25, 0.3) is 0 Å². The van der Waals surface area contributed by atoms with Gasteiger partial charge in [0.05, 0.1) is 4.92 Å². The lowest BCUT2D eigenvalue weighted by atomic mass is 10.2. The summed E-state index contributed by atoms with van der Waals surface area (Å²) in [7, 11) is 3.03. The molecular weight excluding hydrogens is 286 g/mol. The first-order valence-electron chi connectivity index (χ1n) is 5.98. The number of rotatable bonds is 6. The second-order valence-corrected chi connectivity index (χ2v) is 4.61. The number of aryl methyl sites for hydroxylation is 1. The summed E-state index contributed by atoms with van der Waals surface area (Å²) in [6.07, 6.45) is -0.858. The maximum atomic E-state index is 11.3. The Labute approximate surface area is 122 Å². The minimum absolute atomic E-state index is 0.151. The van der Waals surface area contributed by atoms with Gasteiger partial charge in [0.2, 0.25) is 5.15 Å². The van der Waals surface area contributed by atoms with Crippen molar-refractivity contribution in [3.63, 3.8) is 0 Å². The summed E-state index contributed by atoms with van der Waals surface area (Å²) >= 11 is 5.91. The molecule has 0 aliphatic heterocycles. The minimum atomic E-state index is -0.554. The molecule has 0 aromatic carbocycles. The summed E-state index contributed by atoms with van der Waals surface area (Å²) in [6.45, 7) is 5.25. The quantitative estimate of drug-likeness (QED) is 0.348. The Morgan fingerprint density at radius 2 is 1.85 bits per heavy atom. The number of hydrogen-bond acceptors (Lipinski definition) is 6. The van der Waals surface area contributed by atoms with E-state index in [2.05, 4.69) is 4.98 Å². The van der Waals surface area contributed by atoms with Crippen molar-refractivity contribution in [3.05, 3.63) is 27.0 Å². The highest BCUT2D eigenvalue weighted by atomic mass is 35.5. The summed E-state index contributed by atoms with van der Waals surface area (Å²) in [4.78, 5) is 16.3. The topological polar surface area (TPSA) is 77.7 Å². The first-order chi connectivity index (χ1) is 9.33. The Kier molecular flexibility index (Phi) is 5.67. The minimum Gasteiger partial charge on any atom is -0.362 e. The molecule has 0 radical (unpaired) electrons. The standard InChI is InChI=1S/C12H18ClN3O4/c1-7-6-10(11(16(17)18)12(13)14-7)15(8(2)19-4)9(3)20-5/h6,8-9H,1-5H3. The smallest absolute Gasteiger partial charge is 0.329 e. The van der Waals surface area contributed by atoms with Crippen molar-refractivity contribution in [1.82, 2.24) is 4.98 Å². The lowest BCUT2D eigenvalue weighted by Crippen LogP contribution is -2.43. The summed E-state index contributed by atoms with van der Waals surface area (Å²) in [5.74, 6) is 0. The van der Waals surface area contributed by atoms with Crippen LogP contribution in [-0.4, -0.2) is 36.6 Å². The van der Waals surface area contributed by atoms with E-state index in [1.165, 1.54) is 14.2 Å². The molecule has 0 bridgehead atoms. The van der Waals surface area contributed by atoms with Crippen LogP contribution < -0.4 is 4.90 Å². The normalized spacial score (nSPS) is 13.9. The molecule has 0 amide bonds. The van der Waals surface area contributed by atoms with E-state index in [0.29, 0.717) is 11.4 Å². The molecule has 1 heterocycles. The average Bonchev–Trinajstić information content (AvgIpc) is 2.37. The largest absolute Gasteiger partial charge is 0.362 e. The summed E-state index contributed by atoms with van der Waals surface area (Å²) in [5.41, 5.74) is 0.633. The van der Waals surface area contributed by atoms with E-state index in [0.717, 1.165) is 0 Å². The fourth-order valence-electron chi connectivity index (χ4n) is 1.89. The van der Waals surface area contributed by atoms with Gasteiger partial charge in [0.15, 0.2) is 0 Å². The first-order valence-corrected chi connectivity index (χ1v) is 6.36. The van der Waals surface area contributed by atoms with Crippen molar-refractivity contribution in [2.75, 3.05) is 19.1 Å². The first kappa shape index (κ1) is 16.6. The molecule has 112 valence electrons. The Morgan fingerprint density at radius 3 is 2.25 bits per heavy atom. The van der Waals surface area contributed by atoms with Gasteiger partial charge in [-0.1, -0.05) is 11.6 Å². The van der Waals surface area contributed by atoms with Crippen molar-refractivity contribution in [2.24, 2.45) is 0 Å². The molecule has 1 rings (SSSR count). The zero-order valence-corrected chi connectivity index (χ0v) is 12.8. The van der Waals surface area contributed by atoms with E-state index < -0.39 is 17.4 Å². The predicted molar refractivity (Wildman–Crippen MR) is 76.1 cm³/mol. The van der Waals surface area contributed by atoms with Crippen LogP contribution in [0.25, 0.3) is 0 Å². The molecule has 7 nitrogen and oxygen atoms in total. The van der Waals surface area contributed by atoms with E-state index in [1.807, 2.05) is 0 Å². The van der Waals surface area contributed by atoms with Crippen LogP contribution in [0.3, 0.4) is 0 Å². The van der Waals surface area contributed by atoms with Gasteiger partial charge >= 0.3 is 5.69 Å². The highest BCUT2D eigenvalue weighted by molar-refractivity contribution is 6.32. The predicted octanol–water partition coefficient (Wildman–Crippen LogP) is 2.74. The second-order valence-electron chi connectivity index (χ2n) is 4.26. The molecule has 2 atom stereocenters. The van der Waals surface area contributed by atoms with Crippen LogP contribution >= 0.6 is 11.6 Å². The van der Waals surface area contributed by atoms with Crippen LogP contribution in [0, 0.1) is 17.0 Å². The Bertz CT molecular complexity index is 488. The zero-order chi connectivity index (χ0) is 15.4. The van der Waals surface area contributed by atoms with E-state index >= 15 is 0 Å². The number of anilines is 1. The van der Waals surface area contributed by atoms with E-state index in [4.69, 9.17) is 21.1 Å². The van der Waals surface area contributed by atoms with Gasteiger partial charge in [0.1, 0.15) is 18.1 Å². The van der Waals surface area contributed by atoms with Crippen LogP contribution in [-0.2, 0) is 9.47 Å². The molecule has 0 fully saturated rings. The number of hydrogen-bond donors (Lipinski definition) is 0. The van der Waals surface area contributed by atoms with E-state index in [-0.39, 0.29) is 10.8 Å². The Balaban J connectivity index is 3.49. The molecule has 0 spiro atoms. The Morgan fingerprint density at radius 1 is 1.35 bits per heavy atom. The number of halogens is 1. The third-order valence-corrected chi connectivity index (χ3v) is 3.25. The SMILES string of the molecule is COC(C)N(c1cc(C)nc(Cl)c1[N+](=O)[O-])C(C)OC. The van der Waals surface area contributed by atoms with E-state index in [9.17, 15) is 10.1 Å². The highest BCUT2D eigenvalue weighted by Gasteiger charge is 2.30. The maximum absolute atomic E-state index is 11.3. The molecule has 0 saturated heterocycles. The maximum Gasteiger partial charge on any atom is 0.329 e. The molecule has 0 aliphatic carbocycles. The number of ether oxygens (including phenoxy) is 2. The molecule has 1 aromatic heterocycles. The van der Waals surface area contributed by atoms with Gasteiger partial charge < -0.3 is 14.4 Å². The van der Waals surface area contributed by atoms with Gasteiger partial charge in [0, 0.05) is 19.9 Å². The van der Waals surface area contributed by atoms with Crippen LogP contribution in [0.5, 0.6) is 0 Å². The van der Waals surface area contributed by atoms with Gasteiger partial charge in [-0.15, -0.1) is 0 Å². The van der Waals surface area contributed by atoms with Gasteiger partial charge in [-0.3, -0.25) is 10.1 Å². The average molecular weight is 304 g/mol. The summed E-state index contributed by atoms with van der Waals surface area (Å²) in [5, 5.41) is 11.1. The lowest BCUT2D eigenvalue weighted by Gasteiger charge is -2.34. The van der Waals surface area contributed by atoms with Crippen molar-refractivity contribution >= 4 is 23.0 Å². The third kappa shape index (κ3) is 3.36. The molecule has 0 N–H and O–H groups in total. The summed E-state index contributed by atoms with van der Waals surface area (Å²) in [6, 6.07) is 1.59. The van der Waals surface area contributed by atoms with Crippen LogP contribution in [0.1, 0.15) is 19.5 Å². The van der Waals surface area contributed by atoms with E-state index in [1.54, 1.807) is 31.7 Å². The van der Waals surface area contributed by atoms with Crippen molar-refractivity contribution in [2.45, 2.75) is 33.2 Å². The zero-order valence-electron chi connectivity index (χ0n) is 12.1. The van der Waals surface area contributed by atoms with Crippen LogP contribution in [0.2, 0.25) is 5.15 Å². The number of nitro groups is 1. The number of pyridine rings is 1. The third-order valence-electron chi connectivity index (χ3n) is 2.98. The molecule has 0 aliphatic rings. The second kappa shape index (κ2) is 6.83. The van der Waals surface area contributed by atoms with Gasteiger partial charge in [-0.25, -0.2) is 4.98 Å². The van der Waals surface area contributed by atoms with Crippen LogP contribution in [0.15, 0.2) is 6.07 Å². The van der Waals surface area contributed by atoms with Crippen molar-refractivity contribution in [3.8, 4) is 0 Å². The van der Waals surface area contributed by atoms with Gasteiger partial charge in [-0.2, -0.15) is 0 Å². The number of nitrogens with zero attached hydrogens (tertiary/aromatic N) is 3. The molecule has 1 aromatic rings. The molecular formula is C12H18ClN3O4. The fourth-order valence-corrected chi connectivity index (χ4v) is 2.19.